The molecule has 0 spiro atoms. The van der Waals surface area contributed by atoms with E-state index in [1.165, 1.54) is 73.6 Å². The summed E-state index contributed by atoms with van der Waals surface area (Å²) in [7, 11) is 0. The van der Waals surface area contributed by atoms with Crippen LogP contribution >= 0.6 is 31.9 Å². The normalized spacial score (nSPS) is 13.3. The predicted octanol–water partition coefficient (Wildman–Crippen LogP) is 10.3. The van der Waals surface area contributed by atoms with Gasteiger partial charge >= 0.3 is 0 Å². The van der Waals surface area contributed by atoms with Crippen molar-refractivity contribution in [1.82, 2.24) is 19.9 Å². The number of halogens is 2. The van der Waals surface area contributed by atoms with Gasteiger partial charge in [-0.2, -0.15) is 0 Å². The minimum atomic E-state index is -0.0388. The second kappa shape index (κ2) is 12.8. The fraction of sp³-hybridized carbons (Fsp3) is 0.394. The maximum absolute atomic E-state index is 4.63. The number of aromatic nitrogens is 4. The van der Waals surface area contributed by atoms with Crippen LogP contribution in [0.15, 0.2) is 70.1 Å². The minimum absolute atomic E-state index is 0.0388. The van der Waals surface area contributed by atoms with Crippen LogP contribution in [-0.2, 0) is 5.41 Å². The van der Waals surface area contributed by atoms with Crippen molar-refractivity contribution in [3.05, 3.63) is 81.3 Å². The Morgan fingerprint density at radius 1 is 0.564 bits per heavy atom. The summed E-state index contributed by atoms with van der Waals surface area (Å²) in [5, 5.41) is 0. The van der Waals surface area contributed by atoms with Gasteiger partial charge in [0.05, 0.1) is 8.95 Å². The van der Waals surface area contributed by atoms with Crippen molar-refractivity contribution in [3.63, 3.8) is 0 Å². The van der Waals surface area contributed by atoms with Crippen molar-refractivity contribution >= 4 is 31.9 Å². The summed E-state index contributed by atoms with van der Waals surface area (Å²) < 4.78 is 1.78. The monoisotopic (exact) mass is 646 g/mol. The number of hydrogen-bond donors (Lipinski definition) is 0. The lowest BCUT2D eigenvalue weighted by Gasteiger charge is -2.33. The highest BCUT2D eigenvalue weighted by Gasteiger charge is 2.42. The summed E-state index contributed by atoms with van der Waals surface area (Å²) in [6, 6.07) is 13.7. The van der Waals surface area contributed by atoms with Gasteiger partial charge in [0.2, 0.25) is 0 Å². The Kier molecular flexibility index (Phi) is 9.24. The average Bonchev–Trinajstić information content (AvgIpc) is 3.23. The highest BCUT2D eigenvalue weighted by atomic mass is 79.9. The summed E-state index contributed by atoms with van der Waals surface area (Å²) in [5.41, 5.74) is 7.68. The predicted molar refractivity (Wildman–Crippen MR) is 168 cm³/mol. The molecule has 4 nitrogen and oxygen atoms in total. The summed E-state index contributed by atoms with van der Waals surface area (Å²) in [4.78, 5) is 18.5. The SMILES string of the molecule is CCCCCCC1(CCCCCC)c2cc(-c3ncc(Br)cn3)ccc2-c2ccc(-c3ncc(Br)cn3)cc21. The number of fused-ring (bicyclic) bond motifs is 3. The molecule has 0 bridgehead atoms. The molecule has 0 saturated heterocycles. The van der Waals surface area contributed by atoms with E-state index in [1.807, 2.05) is 24.8 Å². The lowest BCUT2D eigenvalue weighted by Crippen LogP contribution is -2.25. The van der Waals surface area contributed by atoms with Gasteiger partial charge in [-0.1, -0.05) is 89.5 Å². The van der Waals surface area contributed by atoms with Crippen LogP contribution in [0, 0.1) is 0 Å². The van der Waals surface area contributed by atoms with Crippen LogP contribution in [0.5, 0.6) is 0 Å². The van der Waals surface area contributed by atoms with Crippen molar-refractivity contribution in [2.45, 2.75) is 83.5 Å². The first kappa shape index (κ1) is 28.1. The third-order valence-corrected chi connectivity index (χ3v) is 8.85. The van der Waals surface area contributed by atoms with Crippen LogP contribution in [0.2, 0.25) is 0 Å². The van der Waals surface area contributed by atoms with Crippen molar-refractivity contribution in [1.29, 1.82) is 0 Å². The molecule has 1 aliphatic carbocycles. The lowest BCUT2D eigenvalue weighted by atomic mass is 9.70. The average molecular weight is 648 g/mol. The number of benzene rings is 2. The van der Waals surface area contributed by atoms with E-state index < -0.39 is 0 Å². The molecule has 0 atom stereocenters. The van der Waals surface area contributed by atoms with Crippen molar-refractivity contribution < 1.29 is 0 Å². The van der Waals surface area contributed by atoms with Gasteiger partial charge in [0.15, 0.2) is 11.6 Å². The fourth-order valence-corrected chi connectivity index (χ4v) is 6.48. The van der Waals surface area contributed by atoms with E-state index in [0.717, 1.165) is 44.6 Å². The first-order chi connectivity index (χ1) is 19.1. The van der Waals surface area contributed by atoms with Gasteiger partial charge < -0.3 is 0 Å². The van der Waals surface area contributed by atoms with Crippen LogP contribution < -0.4 is 0 Å². The zero-order valence-electron chi connectivity index (χ0n) is 22.9. The molecule has 0 amide bonds. The van der Waals surface area contributed by atoms with E-state index >= 15 is 0 Å². The van der Waals surface area contributed by atoms with Gasteiger partial charge in [-0.05, 0) is 79.1 Å². The van der Waals surface area contributed by atoms with Crippen LogP contribution in [0.4, 0.5) is 0 Å². The van der Waals surface area contributed by atoms with Gasteiger partial charge in [0.1, 0.15) is 0 Å². The fourth-order valence-electron chi connectivity index (χ4n) is 6.07. The van der Waals surface area contributed by atoms with Gasteiger partial charge in [0.25, 0.3) is 0 Å². The summed E-state index contributed by atoms with van der Waals surface area (Å²) in [6.45, 7) is 4.57. The molecule has 39 heavy (non-hydrogen) atoms. The van der Waals surface area contributed by atoms with E-state index in [9.17, 15) is 0 Å². The maximum atomic E-state index is 4.63. The Bertz CT molecular complexity index is 1290. The van der Waals surface area contributed by atoms with Gasteiger partial charge in [-0.15, -0.1) is 0 Å². The number of nitrogens with zero attached hydrogens (tertiary/aromatic N) is 4. The Balaban J connectivity index is 1.64. The molecule has 4 aromatic rings. The molecule has 2 heterocycles. The van der Waals surface area contributed by atoms with Crippen molar-refractivity contribution in [2.75, 3.05) is 0 Å². The Labute approximate surface area is 249 Å². The molecule has 1 aliphatic rings. The van der Waals surface area contributed by atoms with E-state index in [1.54, 1.807) is 0 Å². The second-order valence-corrected chi connectivity index (χ2v) is 12.5. The molecule has 0 aliphatic heterocycles. The van der Waals surface area contributed by atoms with Crippen molar-refractivity contribution in [3.8, 4) is 33.9 Å². The molecule has 0 fully saturated rings. The molecule has 0 radical (unpaired) electrons. The lowest BCUT2D eigenvalue weighted by molar-refractivity contribution is 0.401. The quantitative estimate of drug-likeness (QED) is 0.144. The minimum Gasteiger partial charge on any atom is -0.235 e. The van der Waals surface area contributed by atoms with Gasteiger partial charge in [-0.25, -0.2) is 19.9 Å². The second-order valence-electron chi connectivity index (χ2n) is 10.7. The Morgan fingerprint density at radius 2 is 0.974 bits per heavy atom. The topological polar surface area (TPSA) is 51.6 Å². The summed E-state index contributed by atoms with van der Waals surface area (Å²) in [6.07, 6.45) is 19.6. The van der Waals surface area contributed by atoms with E-state index in [4.69, 9.17) is 0 Å². The molecule has 0 unspecified atom stereocenters. The standard InChI is InChI=1S/C33H36Br2N4/c1-3-5-7-9-15-33(16-10-8-6-4-2)29-17-23(31-36-19-25(34)20-37-31)11-13-27(29)28-14-12-24(18-30(28)33)32-38-21-26(35)22-39-32/h11-14,17-22H,3-10,15-16H2,1-2H3. The van der Waals surface area contributed by atoms with Crippen LogP contribution in [-0.4, -0.2) is 19.9 Å². The highest BCUT2D eigenvalue weighted by molar-refractivity contribution is 9.10. The van der Waals surface area contributed by atoms with Gasteiger partial charge in [0, 0.05) is 41.3 Å². The third-order valence-electron chi connectivity index (χ3n) is 8.03. The van der Waals surface area contributed by atoms with Gasteiger partial charge in [-0.3, -0.25) is 0 Å². The largest absolute Gasteiger partial charge is 0.235 e. The zero-order chi connectivity index (χ0) is 27.2. The molecular weight excluding hydrogens is 612 g/mol. The highest BCUT2D eigenvalue weighted by Crippen LogP contribution is 2.55. The maximum Gasteiger partial charge on any atom is 0.159 e. The van der Waals surface area contributed by atoms with Crippen molar-refractivity contribution in [2.24, 2.45) is 0 Å². The molecule has 6 heteroatoms. The van der Waals surface area contributed by atoms with Crippen LogP contribution in [0.25, 0.3) is 33.9 Å². The third kappa shape index (κ3) is 6.02. The van der Waals surface area contributed by atoms with E-state index in [0.29, 0.717) is 0 Å². The Hall–Kier alpha value is -2.44. The summed E-state index contributed by atoms with van der Waals surface area (Å²) >= 11 is 6.96. The first-order valence-corrected chi connectivity index (χ1v) is 15.9. The number of hydrogen-bond acceptors (Lipinski definition) is 4. The molecule has 0 N–H and O–H groups in total. The molecule has 5 rings (SSSR count). The molecule has 2 aromatic carbocycles. The molecule has 2 aromatic heterocycles. The zero-order valence-corrected chi connectivity index (χ0v) is 26.1. The molecule has 0 saturated carbocycles. The number of unbranched alkanes of at least 4 members (excludes halogenated alkanes) is 6. The van der Waals surface area contributed by atoms with Crippen LogP contribution in [0.1, 0.15) is 89.2 Å². The van der Waals surface area contributed by atoms with E-state index in [2.05, 4.69) is 102 Å². The summed E-state index contributed by atoms with van der Waals surface area (Å²) in [5.74, 6) is 1.54. The van der Waals surface area contributed by atoms with E-state index in [-0.39, 0.29) is 5.41 Å². The first-order valence-electron chi connectivity index (χ1n) is 14.3. The number of rotatable bonds is 12. The molecular formula is C33H36Br2N4. The molecule has 202 valence electrons. The smallest absolute Gasteiger partial charge is 0.159 e. The Morgan fingerprint density at radius 3 is 1.36 bits per heavy atom. The van der Waals surface area contributed by atoms with Crippen LogP contribution in [0.3, 0.4) is 0 Å².